The fourth-order valence-corrected chi connectivity index (χ4v) is 4.28. The van der Waals surface area contributed by atoms with Crippen molar-refractivity contribution in [1.29, 1.82) is 0 Å². The van der Waals surface area contributed by atoms with Gasteiger partial charge in [-0.05, 0) is 62.6 Å². The van der Waals surface area contributed by atoms with Crippen LogP contribution < -0.4 is 15.6 Å². The summed E-state index contributed by atoms with van der Waals surface area (Å²) in [7, 11) is 0. The molecule has 0 aliphatic heterocycles. The van der Waals surface area contributed by atoms with E-state index < -0.39 is 35.7 Å². The summed E-state index contributed by atoms with van der Waals surface area (Å²) in [4.78, 5) is 36.1. The van der Waals surface area contributed by atoms with Gasteiger partial charge in [0.1, 0.15) is 5.75 Å². The molecule has 1 aromatic carbocycles. The van der Waals surface area contributed by atoms with Crippen LogP contribution in [0.2, 0.25) is 0 Å². The molecular weight excluding hydrogens is 336 g/mol. The number of nitrogens with one attached hydrogen (secondary N) is 2. The Hall–Kier alpha value is -2.57. The summed E-state index contributed by atoms with van der Waals surface area (Å²) in [6.45, 7) is 3.51. The van der Waals surface area contributed by atoms with Gasteiger partial charge in [0.2, 0.25) is 5.91 Å². The minimum absolute atomic E-state index is 0.0625. The van der Waals surface area contributed by atoms with Crippen LogP contribution in [0.15, 0.2) is 24.3 Å². The maximum atomic E-state index is 12.5. The van der Waals surface area contributed by atoms with Gasteiger partial charge in [0.05, 0.1) is 11.8 Å². The molecule has 2 fully saturated rings. The molecule has 140 valence electrons. The number of ether oxygens (including phenoxy) is 1. The third kappa shape index (κ3) is 3.66. The smallest absolute Gasteiger partial charge is 0.307 e. The van der Waals surface area contributed by atoms with Crippen molar-refractivity contribution in [3.05, 3.63) is 29.8 Å². The average molecular weight is 360 g/mol. The van der Waals surface area contributed by atoms with Crippen molar-refractivity contribution in [3.63, 3.8) is 0 Å². The van der Waals surface area contributed by atoms with E-state index in [9.17, 15) is 19.5 Å². The largest absolute Gasteiger partial charge is 0.481 e. The van der Waals surface area contributed by atoms with E-state index in [1.807, 2.05) is 25.1 Å². The molecule has 0 heterocycles. The second kappa shape index (κ2) is 7.35. The number of carbonyl (C=O) groups excluding carboxylic acids is 2. The lowest BCUT2D eigenvalue weighted by Crippen LogP contribution is -2.51. The first-order chi connectivity index (χ1) is 12.4. The standard InChI is InChI=1S/C19H24N2O5/c1-10-4-3-5-14(8-10)26-11(2)17(22)20-21-18(23)15-12-6-7-13(9-12)16(15)19(24)25/h3-5,8,11-13,15-16H,6-7,9H2,1-2H3,(H,20,22)(H,21,23)(H,24,25)/t11-,12-,13+,15-,16+/m1/s1. The van der Waals surface area contributed by atoms with Gasteiger partial charge in [-0.3, -0.25) is 25.2 Å². The molecule has 2 amide bonds. The van der Waals surface area contributed by atoms with Gasteiger partial charge < -0.3 is 9.84 Å². The van der Waals surface area contributed by atoms with E-state index >= 15 is 0 Å². The van der Waals surface area contributed by atoms with Gasteiger partial charge in [-0.1, -0.05) is 12.1 Å². The molecule has 0 unspecified atom stereocenters. The quantitative estimate of drug-likeness (QED) is 0.693. The first kappa shape index (κ1) is 18.2. The van der Waals surface area contributed by atoms with Crippen molar-refractivity contribution in [2.75, 3.05) is 0 Å². The maximum absolute atomic E-state index is 12.5. The van der Waals surface area contributed by atoms with E-state index in [1.54, 1.807) is 13.0 Å². The zero-order valence-corrected chi connectivity index (χ0v) is 14.9. The van der Waals surface area contributed by atoms with Gasteiger partial charge in [-0.2, -0.15) is 0 Å². The van der Waals surface area contributed by atoms with Crippen LogP contribution in [0.5, 0.6) is 5.75 Å². The number of carbonyl (C=O) groups is 3. The Morgan fingerprint density at radius 1 is 1.15 bits per heavy atom. The Morgan fingerprint density at radius 2 is 1.85 bits per heavy atom. The minimum Gasteiger partial charge on any atom is -0.481 e. The molecule has 5 atom stereocenters. The lowest BCUT2D eigenvalue weighted by molar-refractivity contribution is -0.150. The van der Waals surface area contributed by atoms with E-state index in [4.69, 9.17) is 4.74 Å². The van der Waals surface area contributed by atoms with Gasteiger partial charge in [0, 0.05) is 0 Å². The minimum atomic E-state index is -0.931. The SMILES string of the molecule is Cc1cccc(O[C@H](C)C(=O)NNC(=O)[C@@H]2[C@@H]3CC[C@@H](C3)[C@@H]2C(=O)O)c1. The monoisotopic (exact) mass is 360 g/mol. The Balaban J connectivity index is 1.54. The number of fused-ring (bicyclic) bond motifs is 2. The third-order valence-corrected chi connectivity index (χ3v) is 5.48. The van der Waals surface area contributed by atoms with E-state index in [0.717, 1.165) is 24.8 Å². The zero-order chi connectivity index (χ0) is 18.8. The Kier molecular flexibility index (Phi) is 5.15. The molecule has 1 aromatic rings. The number of amides is 2. The molecule has 26 heavy (non-hydrogen) atoms. The van der Waals surface area contributed by atoms with Crippen LogP contribution in [0.4, 0.5) is 0 Å². The van der Waals surface area contributed by atoms with Gasteiger partial charge in [0.25, 0.3) is 5.91 Å². The first-order valence-electron chi connectivity index (χ1n) is 8.92. The van der Waals surface area contributed by atoms with E-state index in [-0.39, 0.29) is 11.8 Å². The van der Waals surface area contributed by atoms with Crippen LogP contribution in [0.25, 0.3) is 0 Å². The zero-order valence-electron chi connectivity index (χ0n) is 14.9. The van der Waals surface area contributed by atoms with Crippen LogP contribution in [0.1, 0.15) is 31.7 Å². The van der Waals surface area contributed by atoms with Crippen molar-refractivity contribution in [2.45, 2.75) is 39.2 Å². The second-order valence-corrected chi connectivity index (χ2v) is 7.28. The third-order valence-electron chi connectivity index (χ3n) is 5.48. The summed E-state index contributed by atoms with van der Waals surface area (Å²) in [5, 5.41) is 9.42. The maximum Gasteiger partial charge on any atom is 0.307 e. The number of hydrogen-bond donors (Lipinski definition) is 3. The summed E-state index contributed by atoms with van der Waals surface area (Å²) in [5.41, 5.74) is 5.76. The van der Waals surface area contributed by atoms with Gasteiger partial charge in [-0.25, -0.2) is 0 Å². The van der Waals surface area contributed by atoms with Crippen molar-refractivity contribution in [1.82, 2.24) is 10.9 Å². The normalized spacial score (nSPS) is 27.6. The van der Waals surface area contributed by atoms with Crippen LogP contribution in [-0.2, 0) is 14.4 Å². The second-order valence-electron chi connectivity index (χ2n) is 7.28. The van der Waals surface area contributed by atoms with Gasteiger partial charge in [0.15, 0.2) is 6.10 Å². The number of carboxylic acid groups (broad SMARTS) is 1. The highest BCUT2D eigenvalue weighted by Gasteiger charge is 2.54. The number of hydrogen-bond acceptors (Lipinski definition) is 4. The van der Waals surface area contributed by atoms with Crippen LogP contribution in [-0.4, -0.2) is 29.0 Å². The lowest BCUT2D eigenvalue weighted by Gasteiger charge is -2.27. The fourth-order valence-electron chi connectivity index (χ4n) is 4.28. The van der Waals surface area contributed by atoms with Crippen LogP contribution in [0.3, 0.4) is 0 Å². The van der Waals surface area contributed by atoms with Crippen molar-refractivity contribution >= 4 is 17.8 Å². The number of aliphatic carboxylic acids is 1. The fraction of sp³-hybridized carbons (Fsp3) is 0.526. The molecule has 0 radical (unpaired) electrons. The molecule has 2 bridgehead atoms. The van der Waals surface area contributed by atoms with Crippen molar-refractivity contribution in [3.8, 4) is 5.75 Å². The Bertz CT molecular complexity index is 720. The number of aryl methyl sites for hydroxylation is 1. The topological polar surface area (TPSA) is 105 Å². The highest BCUT2D eigenvalue weighted by molar-refractivity contribution is 5.89. The molecule has 0 saturated heterocycles. The Labute approximate surface area is 152 Å². The lowest BCUT2D eigenvalue weighted by atomic mass is 9.79. The molecule has 7 heteroatoms. The van der Waals surface area contributed by atoms with E-state index in [2.05, 4.69) is 10.9 Å². The molecule has 2 aliphatic rings. The van der Waals surface area contributed by atoms with Gasteiger partial charge >= 0.3 is 5.97 Å². The average Bonchev–Trinajstić information content (AvgIpc) is 3.20. The van der Waals surface area contributed by atoms with Crippen LogP contribution in [0, 0.1) is 30.6 Å². The molecule has 0 spiro atoms. The van der Waals surface area contributed by atoms with Crippen molar-refractivity contribution < 1.29 is 24.2 Å². The molecule has 2 saturated carbocycles. The number of carboxylic acids is 1. The molecule has 3 rings (SSSR count). The molecular formula is C19H24N2O5. The first-order valence-corrected chi connectivity index (χ1v) is 8.92. The molecule has 7 nitrogen and oxygen atoms in total. The number of rotatable bonds is 5. The highest BCUT2D eigenvalue weighted by atomic mass is 16.5. The van der Waals surface area contributed by atoms with Gasteiger partial charge in [-0.15, -0.1) is 0 Å². The predicted molar refractivity (Wildman–Crippen MR) is 93.0 cm³/mol. The molecule has 0 aromatic heterocycles. The van der Waals surface area contributed by atoms with Crippen molar-refractivity contribution in [2.24, 2.45) is 23.7 Å². The molecule has 2 aliphatic carbocycles. The summed E-state index contributed by atoms with van der Waals surface area (Å²) in [6.07, 6.45) is 1.70. The van der Waals surface area contributed by atoms with E-state index in [1.165, 1.54) is 0 Å². The highest BCUT2D eigenvalue weighted by Crippen LogP contribution is 2.52. The summed E-state index contributed by atoms with van der Waals surface area (Å²) >= 11 is 0. The number of benzene rings is 1. The summed E-state index contributed by atoms with van der Waals surface area (Å²) < 4.78 is 5.57. The summed E-state index contributed by atoms with van der Waals surface area (Å²) in [5.74, 6) is -2.38. The van der Waals surface area contributed by atoms with E-state index in [0.29, 0.717) is 5.75 Å². The summed E-state index contributed by atoms with van der Waals surface area (Å²) in [6, 6.07) is 7.32. The van der Waals surface area contributed by atoms with Crippen LogP contribution >= 0.6 is 0 Å². The number of hydrazine groups is 1. The Morgan fingerprint density at radius 3 is 2.50 bits per heavy atom. The molecule has 3 N–H and O–H groups in total. The predicted octanol–water partition coefficient (Wildman–Crippen LogP) is 1.66.